The van der Waals surface area contributed by atoms with Crippen molar-refractivity contribution in [2.24, 2.45) is 11.8 Å². The molecule has 0 radical (unpaired) electrons. The van der Waals surface area contributed by atoms with Crippen molar-refractivity contribution in [1.82, 2.24) is 4.90 Å². The standard InChI is InChI=1S/C16H27NO3/c1-12-8-9-14(16(19)20-2)11-17(12)15(18)10-13-6-4-3-5-7-13/h12-14H,3-11H2,1-2H3/t12-,14+/m0/s1. The van der Waals surface area contributed by atoms with Crippen molar-refractivity contribution < 1.29 is 14.3 Å². The van der Waals surface area contributed by atoms with E-state index in [9.17, 15) is 9.59 Å². The van der Waals surface area contributed by atoms with Gasteiger partial charge >= 0.3 is 5.97 Å². The zero-order chi connectivity index (χ0) is 14.5. The minimum atomic E-state index is -0.174. The van der Waals surface area contributed by atoms with E-state index in [2.05, 4.69) is 6.92 Å². The molecule has 0 bridgehead atoms. The Kier molecular flexibility index (Phi) is 5.44. The van der Waals surface area contributed by atoms with Gasteiger partial charge < -0.3 is 9.64 Å². The normalized spacial score (nSPS) is 28.2. The highest BCUT2D eigenvalue weighted by atomic mass is 16.5. The number of ether oxygens (including phenoxy) is 1. The van der Waals surface area contributed by atoms with Crippen LogP contribution in [0.15, 0.2) is 0 Å². The van der Waals surface area contributed by atoms with Gasteiger partial charge in [0.15, 0.2) is 0 Å². The fourth-order valence-corrected chi connectivity index (χ4v) is 3.57. The Hall–Kier alpha value is -1.06. The van der Waals surface area contributed by atoms with Crippen LogP contribution in [-0.4, -0.2) is 36.5 Å². The Morgan fingerprint density at radius 2 is 1.80 bits per heavy atom. The van der Waals surface area contributed by atoms with Crippen LogP contribution in [0.5, 0.6) is 0 Å². The zero-order valence-corrected chi connectivity index (χ0v) is 12.8. The average molecular weight is 281 g/mol. The molecule has 1 saturated heterocycles. The second-order valence-corrected chi connectivity index (χ2v) is 6.40. The molecule has 20 heavy (non-hydrogen) atoms. The van der Waals surface area contributed by atoms with Gasteiger partial charge in [0.2, 0.25) is 5.91 Å². The smallest absolute Gasteiger partial charge is 0.310 e. The summed E-state index contributed by atoms with van der Waals surface area (Å²) in [5, 5.41) is 0. The Labute approximate surface area is 121 Å². The van der Waals surface area contributed by atoms with E-state index in [1.165, 1.54) is 39.2 Å². The van der Waals surface area contributed by atoms with Crippen molar-refractivity contribution in [3.8, 4) is 0 Å². The summed E-state index contributed by atoms with van der Waals surface area (Å²) in [6.45, 7) is 2.63. The molecule has 114 valence electrons. The Bertz CT molecular complexity index is 350. The number of hydrogen-bond acceptors (Lipinski definition) is 3. The SMILES string of the molecule is COC(=O)[C@@H]1CC[C@H](C)N(C(=O)CC2CCCCC2)C1. The van der Waals surface area contributed by atoms with Gasteiger partial charge in [-0.25, -0.2) is 0 Å². The number of esters is 1. The maximum Gasteiger partial charge on any atom is 0.310 e. The zero-order valence-electron chi connectivity index (χ0n) is 12.8. The summed E-state index contributed by atoms with van der Waals surface area (Å²) in [6.07, 6.45) is 8.62. The molecular formula is C16H27NO3. The van der Waals surface area contributed by atoms with Crippen molar-refractivity contribution in [2.75, 3.05) is 13.7 Å². The molecule has 1 amide bonds. The van der Waals surface area contributed by atoms with Gasteiger partial charge in [0.25, 0.3) is 0 Å². The Balaban J connectivity index is 1.90. The number of piperidine rings is 1. The first kappa shape index (κ1) is 15.3. The Morgan fingerprint density at radius 3 is 2.45 bits per heavy atom. The summed E-state index contributed by atoms with van der Waals surface area (Å²) in [5.74, 6) is 0.485. The fourth-order valence-electron chi connectivity index (χ4n) is 3.57. The predicted octanol–water partition coefficient (Wildman–Crippen LogP) is 2.76. The molecule has 0 aromatic carbocycles. The molecule has 2 atom stereocenters. The second-order valence-electron chi connectivity index (χ2n) is 6.40. The molecule has 0 unspecified atom stereocenters. The van der Waals surface area contributed by atoms with Crippen molar-refractivity contribution in [3.63, 3.8) is 0 Å². The predicted molar refractivity (Wildman–Crippen MR) is 77.1 cm³/mol. The molecule has 0 N–H and O–H groups in total. The molecule has 4 nitrogen and oxygen atoms in total. The molecule has 1 aliphatic heterocycles. The van der Waals surface area contributed by atoms with Gasteiger partial charge in [-0.15, -0.1) is 0 Å². The van der Waals surface area contributed by atoms with Gasteiger partial charge in [-0.1, -0.05) is 19.3 Å². The quantitative estimate of drug-likeness (QED) is 0.747. The minimum absolute atomic E-state index is 0.133. The van der Waals surface area contributed by atoms with Crippen LogP contribution in [0.4, 0.5) is 0 Å². The van der Waals surface area contributed by atoms with E-state index in [1.54, 1.807) is 0 Å². The molecule has 2 fully saturated rings. The van der Waals surface area contributed by atoms with E-state index in [4.69, 9.17) is 4.74 Å². The lowest BCUT2D eigenvalue weighted by Gasteiger charge is -2.38. The van der Waals surface area contributed by atoms with Crippen LogP contribution in [0.2, 0.25) is 0 Å². The summed E-state index contributed by atoms with van der Waals surface area (Å²) < 4.78 is 4.83. The molecule has 0 aromatic rings. The van der Waals surface area contributed by atoms with Gasteiger partial charge in [-0.05, 0) is 38.5 Å². The molecule has 1 aliphatic carbocycles. The maximum absolute atomic E-state index is 12.5. The number of amides is 1. The van der Waals surface area contributed by atoms with E-state index in [1.807, 2.05) is 4.90 Å². The molecule has 4 heteroatoms. The highest BCUT2D eigenvalue weighted by Gasteiger charge is 2.33. The van der Waals surface area contributed by atoms with Crippen molar-refractivity contribution >= 4 is 11.9 Å². The summed E-state index contributed by atoms with van der Waals surface area (Å²) >= 11 is 0. The maximum atomic E-state index is 12.5. The lowest BCUT2D eigenvalue weighted by Crippen LogP contribution is -2.48. The second kappa shape index (κ2) is 7.09. The van der Waals surface area contributed by atoms with Crippen LogP contribution in [0.3, 0.4) is 0 Å². The fraction of sp³-hybridized carbons (Fsp3) is 0.875. The van der Waals surface area contributed by atoms with Crippen LogP contribution in [0.1, 0.15) is 58.3 Å². The first-order valence-electron chi connectivity index (χ1n) is 7.99. The molecule has 0 aromatic heterocycles. The monoisotopic (exact) mass is 281 g/mol. The molecule has 2 aliphatic rings. The number of carbonyl (C=O) groups excluding carboxylic acids is 2. The van der Waals surface area contributed by atoms with Gasteiger partial charge in [-0.2, -0.15) is 0 Å². The first-order chi connectivity index (χ1) is 9.61. The number of hydrogen-bond donors (Lipinski definition) is 0. The lowest BCUT2D eigenvalue weighted by atomic mass is 9.86. The van der Waals surface area contributed by atoms with Crippen LogP contribution < -0.4 is 0 Å². The molecule has 0 spiro atoms. The van der Waals surface area contributed by atoms with Gasteiger partial charge in [0.05, 0.1) is 13.0 Å². The van der Waals surface area contributed by atoms with Crippen LogP contribution >= 0.6 is 0 Å². The molecule has 1 heterocycles. The highest BCUT2D eigenvalue weighted by molar-refractivity contribution is 5.79. The molecular weight excluding hydrogens is 254 g/mol. The third-order valence-electron chi connectivity index (χ3n) is 4.92. The van der Waals surface area contributed by atoms with E-state index in [0.29, 0.717) is 18.9 Å². The summed E-state index contributed by atoms with van der Waals surface area (Å²) in [7, 11) is 1.43. The molecule has 2 rings (SSSR count). The Morgan fingerprint density at radius 1 is 1.10 bits per heavy atom. The van der Waals surface area contributed by atoms with E-state index in [0.717, 1.165) is 12.8 Å². The lowest BCUT2D eigenvalue weighted by molar-refractivity contribution is -0.150. The van der Waals surface area contributed by atoms with Gasteiger partial charge in [-0.3, -0.25) is 9.59 Å². The van der Waals surface area contributed by atoms with Crippen molar-refractivity contribution in [1.29, 1.82) is 0 Å². The first-order valence-corrected chi connectivity index (χ1v) is 7.99. The van der Waals surface area contributed by atoms with Gasteiger partial charge in [0, 0.05) is 19.0 Å². The van der Waals surface area contributed by atoms with E-state index < -0.39 is 0 Å². The van der Waals surface area contributed by atoms with Crippen molar-refractivity contribution in [2.45, 2.75) is 64.3 Å². The largest absolute Gasteiger partial charge is 0.469 e. The summed E-state index contributed by atoms with van der Waals surface area (Å²) in [5.41, 5.74) is 0. The number of nitrogens with zero attached hydrogens (tertiary/aromatic N) is 1. The molecule has 1 saturated carbocycles. The summed E-state index contributed by atoms with van der Waals surface area (Å²) in [6, 6.07) is 0.256. The third kappa shape index (κ3) is 3.74. The number of methoxy groups -OCH3 is 1. The van der Waals surface area contributed by atoms with Crippen LogP contribution in [-0.2, 0) is 14.3 Å². The highest BCUT2D eigenvalue weighted by Crippen LogP contribution is 2.29. The van der Waals surface area contributed by atoms with Crippen LogP contribution in [0, 0.1) is 11.8 Å². The van der Waals surface area contributed by atoms with E-state index in [-0.39, 0.29) is 23.8 Å². The van der Waals surface area contributed by atoms with E-state index >= 15 is 0 Å². The number of rotatable bonds is 3. The topological polar surface area (TPSA) is 46.6 Å². The average Bonchev–Trinajstić information content (AvgIpc) is 2.48. The van der Waals surface area contributed by atoms with Crippen molar-refractivity contribution in [3.05, 3.63) is 0 Å². The number of likely N-dealkylation sites (tertiary alicyclic amines) is 1. The third-order valence-corrected chi connectivity index (χ3v) is 4.92. The minimum Gasteiger partial charge on any atom is -0.469 e. The van der Waals surface area contributed by atoms with Crippen LogP contribution in [0.25, 0.3) is 0 Å². The number of carbonyl (C=O) groups is 2. The summed E-state index contributed by atoms with van der Waals surface area (Å²) in [4.78, 5) is 26.1. The van der Waals surface area contributed by atoms with Gasteiger partial charge in [0.1, 0.15) is 0 Å².